The van der Waals surface area contributed by atoms with Crippen molar-refractivity contribution in [2.45, 2.75) is 18.7 Å². The molecule has 0 saturated carbocycles. The molecule has 1 aliphatic rings. The number of rotatable bonds is 4. The van der Waals surface area contributed by atoms with Crippen LogP contribution in [0.2, 0.25) is 0 Å². The maximum absolute atomic E-state index is 12.3. The summed E-state index contributed by atoms with van der Waals surface area (Å²) in [6.07, 6.45) is 3.24. The summed E-state index contributed by atoms with van der Waals surface area (Å²) in [6.45, 7) is 5.14. The van der Waals surface area contributed by atoms with Crippen LogP contribution in [0.25, 0.3) is 0 Å². The van der Waals surface area contributed by atoms with Crippen molar-refractivity contribution in [2.24, 2.45) is 0 Å². The Morgan fingerprint density at radius 2 is 2.04 bits per heavy atom. The van der Waals surface area contributed by atoms with E-state index in [1.54, 1.807) is 30.0 Å². The average molecular weight is 412 g/mol. The van der Waals surface area contributed by atoms with Gasteiger partial charge in [-0.15, -0.1) is 0 Å². The molecule has 9 heteroatoms. The smallest absolute Gasteiger partial charge is 0.227 e. The van der Waals surface area contributed by atoms with E-state index in [4.69, 9.17) is 4.42 Å². The van der Waals surface area contributed by atoms with E-state index >= 15 is 0 Å². The summed E-state index contributed by atoms with van der Waals surface area (Å²) in [4.78, 5) is 13.5. The normalized spacial score (nSPS) is 20.1. The molecule has 0 saturated heterocycles. The molecule has 2 aromatic rings. The SMILES string of the molecule is CC[N+]1(C)C(=CC(=O)c2ccco2)Sc2ccc(C)cc21.COS(=O)(=O)[O-]. The zero-order valence-electron chi connectivity index (χ0n) is 15.5. The summed E-state index contributed by atoms with van der Waals surface area (Å²) >= 11 is 1.67. The number of ketones is 1. The van der Waals surface area contributed by atoms with Gasteiger partial charge in [0.25, 0.3) is 0 Å². The van der Waals surface area contributed by atoms with Crippen molar-refractivity contribution in [1.82, 2.24) is 4.48 Å². The minimum absolute atomic E-state index is 0.0789. The van der Waals surface area contributed by atoms with Crippen LogP contribution in [0.15, 0.2) is 57.0 Å². The Hall–Kier alpha value is -1.91. The van der Waals surface area contributed by atoms with Crippen LogP contribution in [-0.2, 0) is 14.6 Å². The van der Waals surface area contributed by atoms with Crippen molar-refractivity contribution in [1.29, 1.82) is 0 Å². The Kier molecular flexibility index (Phi) is 6.66. The molecule has 1 aliphatic heterocycles. The number of hydrogen-bond acceptors (Lipinski definition) is 7. The summed E-state index contributed by atoms with van der Waals surface area (Å²) in [5.41, 5.74) is 2.51. The summed E-state index contributed by atoms with van der Waals surface area (Å²) in [7, 11) is -1.45. The molecule has 2 heterocycles. The number of quaternary nitrogens is 1. The first-order valence-corrected chi connectivity index (χ1v) is 10.2. The van der Waals surface area contributed by atoms with Gasteiger partial charge in [-0.2, -0.15) is 0 Å². The van der Waals surface area contributed by atoms with E-state index in [1.165, 1.54) is 22.4 Å². The van der Waals surface area contributed by atoms with E-state index in [1.807, 2.05) is 0 Å². The molecule has 1 atom stereocenters. The minimum Gasteiger partial charge on any atom is -0.726 e. The summed E-state index contributed by atoms with van der Waals surface area (Å²) in [5.74, 6) is 0.308. The Balaban J connectivity index is 0.000000380. The zero-order valence-corrected chi connectivity index (χ0v) is 17.1. The van der Waals surface area contributed by atoms with Gasteiger partial charge in [0.15, 0.2) is 16.5 Å². The van der Waals surface area contributed by atoms with Crippen LogP contribution in [0.5, 0.6) is 0 Å². The fraction of sp³-hybridized carbons (Fsp3) is 0.278. The van der Waals surface area contributed by atoms with Crippen LogP contribution >= 0.6 is 11.8 Å². The molecular formula is C18H21NO6S2. The van der Waals surface area contributed by atoms with E-state index in [2.05, 4.69) is 43.3 Å². The van der Waals surface area contributed by atoms with Gasteiger partial charge in [-0.05, 0) is 49.4 Å². The van der Waals surface area contributed by atoms with Gasteiger partial charge < -0.3 is 8.97 Å². The molecule has 1 aromatic carbocycles. The fourth-order valence-electron chi connectivity index (χ4n) is 2.53. The van der Waals surface area contributed by atoms with Crippen molar-refractivity contribution in [2.75, 3.05) is 20.7 Å². The van der Waals surface area contributed by atoms with Crippen LogP contribution in [0.1, 0.15) is 23.0 Å². The van der Waals surface area contributed by atoms with Crippen LogP contribution in [0.3, 0.4) is 0 Å². The Labute approximate surface area is 163 Å². The summed E-state index contributed by atoms with van der Waals surface area (Å²) in [5, 5.41) is 1.04. The lowest BCUT2D eigenvalue weighted by Crippen LogP contribution is -2.40. The van der Waals surface area contributed by atoms with Crippen LogP contribution in [0, 0.1) is 6.92 Å². The second-order valence-corrected chi connectivity index (χ2v) is 8.19. The lowest BCUT2D eigenvalue weighted by molar-refractivity contribution is 0.102. The van der Waals surface area contributed by atoms with Crippen molar-refractivity contribution < 1.29 is 26.4 Å². The molecule has 0 bridgehead atoms. The highest BCUT2D eigenvalue weighted by Gasteiger charge is 2.40. The van der Waals surface area contributed by atoms with Gasteiger partial charge >= 0.3 is 0 Å². The van der Waals surface area contributed by atoms with Crippen molar-refractivity contribution in [3.05, 3.63) is 59.0 Å². The Bertz CT molecular complexity index is 950. The maximum Gasteiger partial charge on any atom is 0.227 e. The predicted molar refractivity (Wildman–Crippen MR) is 103 cm³/mol. The minimum atomic E-state index is -4.41. The lowest BCUT2D eigenvalue weighted by Gasteiger charge is -2.28. The van der Waals surface area contributed by atoms with Gasteiger partial charge in [-0.25, -0.2) is 8.42 Å². The summed E-state index contributed by atoms with van der Waals surface area (Å²) in [6, 6.07) is 9.90. The van der Waals surface area contributed by atoms with Gasteiger partial charge in [-0.3, -0.25) is 13.5 Å². The zero-order chi connectivity index (χ0) is 20.2. The second-order valence-electron chi connectivity index (χ2n) is 5.98. The third-order valence-corrected chi connectivity index (χ3v) is 5.91. The highest BCUT2D eigenvalue weighted by molar-refractivity contribution is 8.03. The maximum atomic E-state index is 12.3. The third kappa shape index (κ3) is 5.08. The number of furan rings is 1. The molecule has 1 aromatic heterocycles. The lowest BCUT2D eigenvalue weighted by atomic mass is 10.2. The highest BCUT2D eigenvalue weighted by atomic mass is 32.3. The average Bonchev–Trinajstić information content (AvgIpc) is 3.24. The standard InChI is InChI=1S/C17H18NO2S.CH4O4S/c1-4-18(3)13-10-12(2)7-8-16(13)21-17(18)11-14(19)15-6-5-9-20-15;1-5-6(2,3)4/h5-11H,4H2,1-3H3;1H3,(H,2,3,4)/q+1;/p-1. The molecule has 0 N–H and O–H groups in total. The monoisotopic (exact) mass is 411 g/mol. The molecule has 0 spiro atoms. The molecule has 0 aliphatic carbocycles. The first-order chi connectivity index (χ1) is 12.6. The fourth-order valence-corrected chi connectivity index (χ4v) is 3.85. The molecule has 3 rings (SSSR count). The number of aryl methyl sites for hydroxylation is 1. The number of allylic oxidation sites excluding steroid dienone is 1. The third-order valence-electron chi connectivity index (χ3n) is 4.20. The van der Waals surface area contributed by atoms with E-state index in [0.717, 1.165) is 18.7 Å². The number of fused-ring (bicyclic) bond motifs is 1. The number of carbonyl (C=O) groups is 1. The number of nitrogens with zero attached hydrogens (tertiary/aromatic N) is 1. The van der Waals surface area contributed by atoms with Crippen LogP contribution < -0.4 is 4.48 Å². The predicted octanol–water partition coefficient (Wildman–Crippen LogP) is 3.47. The molecule has 27 heavy (non-hydrogen) atoms. The molecule has 146 valence electrons. The van der Waals surface area contributed by atoms with Gasteiger partial charge in [-0.1, -0.05) is 6.07 Å². The Morgan fingerprint density at radius 3 is 2.56 bits per heavy atom. The van der Waals surface area contributed by atoms with Crippen LogP contribution in [-0.4, -0.2) is 39.5 Å². The van der Waals surface area contributed by atoms with Gasteiger partial charge in [0.2, 0.25) is 16.2 Å². The van der Waals surface area contributed by atoms with Gasteiger partial charge in [0.05, 0.1) is 37.9 Å². The van der Waals surface area contributed by atoms with E-state index < -0.39 is 10.4 Å². The number of benzene rings is 1. The first kappa shape index (κ1) is 21.4. The Morgan fingerprint density at radius 1 is 1.37 bits per heavy atom. The van der Waals surface area contributed by atoms with Crippen LogP contribution in [0.4, 0.5) is 5.69 Å². The molecular weight excluding hydrogens is 390 g/mol. The largest absolute Gasteiger partial charge is 0.726 e. The van der Waals surface area contributed by atoms with E-state index in [-0.39, 0.29) is 5.78 Å². The van der Waals surface area contributed by atoms with Gasteiger partial charge in [0, 0.05) is 6.07 Å². The highest BCUT2D eigenvalue weighted by Crippen LogP contribution is 2.50. The summed E-state index contributed by atoms with van der Waals surface area (Å²) < 4.78 is 36.9. The van der Waals surface area contributed by atoms with E-state index in [9.17, 15) is 17.8 Å². The van der Waals surface area contributed by atoms with E-state index in [0.29, 0.717) is 10.2 Å². The van der Waals surface area contributed by atoms with Crippen molar-refractivity contribution in [3.8, 4) is 0 Å². The molecule has 7 nitrogen and oxygen atoms in total. The second kappa shape index (κ2) is 8.41. The number of carbonyl (C=O) groups excluding carboxylic acids is 1. The molecule has 1 unspecified atom stereocenters. The first-order valence-electron chi connectivity index (χ1n) is 8.07. The van der Waals surface area contributed by atoms with Crippen molar-refractivity contribution in [3.63, 3.8) is 0 Å². The number of thioether (sulfide) groups is 1. The van der Waals surface area contributed by atoms with Gasteiger partial charge in [0.1, 0.15) is 0 Å². The number of hydrogen-bond donors (Lipinski definition) is 0. The van der Waals surface area contributed by atoms with Crippen molar-refractivity contribution >= 4 is 33.6 Å². The topological polar surface area (TPSA) is 96.6 Å². The molecule has 0 amide bonds. The molecule has 0 radical (unpaired) electrons. The quantitative estimate of drug-likeness (QED) is 0.250. The molecule has 0 fully saturated rings.